The van der Waals surface area contributed by atoms with E-state index in [1.54, 1.807) is 7.11 Å². The normalized spacial score (nSPS) is 13.7. The molecule has 0 bridgehead atoms. The molecule has 4 heteroatoms. The Morgan fingerprint density at radius 1 is 1.19 bits per heavy atom. The maximum absolute atomic E-state index is 5.67. The fourth-order valence-electron chi connectivity index (χ4n) is 2.65. The average molecular weight is 362 g/mol. The van der Waals surface area contributed by atoms with Crippen LogP contribution in [0.15, 0.2) is 46.9 Å². The van der Waals surface area contributed by atoms with Gasteiger partial charge in [-0.05, 0) is 51.7 Å². The van der Waals surface area contributed by atoms with Crippen LogP contribution in [0.4, 0.5) is 0 Å². The Morgan fingerprint density at radius 2 is 1.95 bits per heavy atom. The third-order valence-electron chi connectivity index (χ3n) is 3.82. The lowest BCUT2D eigenvalue weighted by Gasteiger charge is -2.31. The van der Waals surface area contributed by atoms with Gasteiger partial charge in [0.15, 0.2) is 0 Å². The van der Waals surface area contributed by atoms with Crippen LogP contribution >= 0.6 is 28.1 Å². The van der Waals surface area contributed by atoms with Crippen molar-refractivity contribution in [2.45, 2.75) is 13.0 Å². The molecule has 2 aromatic rings. The van der Waals surface area contributed by atoms with Crippen LogP contribution in [-0.2, 0) is 13.0 Å². The summed E-state index contributed by atoms with van der Waals surface area (Å²) in [6.07, 6.45) is 1.05. The second kappa shape index (κ2) is 6.16. The minimum atomic E-state index is 0.825. The van der Waals surface area contributed by atoms with E-state index >= 15 is 0 Å². The summed E-state index contributed by atoms with van der Waals surface area (Å²) in [5.74, 6) is 0.825. The van der Waals surface area contributed by atoms with Crippen LogP contribution in [-0.4, -0.2) is 23.5 Å². The number of thiocarbonyl (C=S) groups is 1. The third kappa shape index (κ3) is 2.97. The van der Waals surface area contributed by atoms with Crippen molar-refractivity contribution in [2.24, 2.45) is 0 Å². The highest BCUT2D eigenvalue weighted by Gasteiger charge is 2.19. The zero-order chi connectivity index (χ0) is 14.8. The standard InChI is InChI=1S/C17H16BrNOS/c1-20-16-7-6-13(10-15(16)18)17(21)19-9-8-12-4-2-3-5-14(12)11-19/h2-7,10H,8-9,11H2,1H3. The molecule has 1 aliphatic rings. The largest absolute Gasteiger partial charge is 0.496 e. The molecule has 0 aliphatic carbocycles. The number of rotatable bonds is 2. The molecule has 0 saturated heterocycles. The van der Waals surface area contributed by atoms with E-state index in [9.17, 15) is 0 Å². The van der Waals surface area contributed by atoms with Gasteiger partial charge in [-0.3, -0.25) is 0 Å². The minimum Gasteiger partial charge on any atom is -0.496 e. The maximum atomic E-state index is 5.67. The van der Waals surface area contributed by atoms with E-state index in [1.807, 2.05) is 18.2 Å². The number of benzene rings is 2. The molecule has 108 valence electrons. The molecule has 0 saturated carbocycles. The second-order valence-electron chi connectivity index (χ2n) is 5.09. The van der Waals surface area contributed by atoms with E-state index in [4.69, 9.17) is 17.0 Å². The summed E-state index contributed by atoms with van der Waals surface area (Å²) in [4.78, 5) is 3.17. The number of hydrogen-bond donors (Lipinski definition) is 0. The molecular formula is C17H16BrNOS. The van der Waals surface area contributed by atoms with Crippen molar-refractivity contribution < 1.29 is 4.74 Å². The van der Waals surface area contributed by atoms with Crippen molar-refractivity contribution in [3.05, 3.63) is 63.6 Å². The zero-order valence-corrected chi connectivity index (χ0v) is 14.2. The summed E-state index contributed by atoms with van der Waals surface area (Å²) in [5, 5.41) is 0. The minimum absolute atomic E-state index is 0.825. The molecular weight excluding hydrogens is 346 g/mol. The van der Waals surface area contributed by atoms with Crippen LogP contribution in [0.5, 0.6) is 5.75 Å². The molecule has 0 unspecified atom stereocenters. The maximum Gasteiger partial charge on any atom is 0.133 e. The first-order valence-corrected chi connectivity index (χ1v) is 8.09. The van der Waals surface area contributed by atoms with Gasteiger partial charge >= 0.3 is 0 Å². The van der Waals surface area contributed by atoms with E-state index in [1.165, 1.54) is 11.1 Å². The fraction of sp³-hybridized carbons (Fsp3) is 0.235. The van der Waals surface area contributed by atoms with Gasteiger partial charge in [-0.2, -0.15) is 0 Å². The topological polar surface area (TPSA) is 12.5 Å². The Balaban J connectivity index is 1.82. The van der Waals surface area contributed by atoms with Crippen LogP contribution in [0.2, 0.25) is 0 Å². The van der Waals surface area contributed by atoms with Crippen molar-refractivity contribution in [1.82, 2.24) is 4.90 Å². The van der Waals surface area contributed by atoms with Crippen LogP contribution in [0.3, 0.4) is 0 Å². The lowest BCUT2D eigenvalue weighted by atomic mass is 9.99. The molecule has 2 nitrogen and oxygen atoms in total. The summed E-state index contributed by atoms with van der Waals surface area (Å²) in [6, 6.07) is 14.6. The van der Waals surface area contributed by atoms with E-state index in [0.29, 0.717) is 0 Å². The van der Waals surface area contributed by atoms with E-state index in [2.05, 4.69) is 45.1 Å². The Kier molecular flexibility index (Phi) is 4.27. The Morgan fingerprint density at radius 3 is 2.67 bits per heavy atom. The van der Waals surface area contributed by atoms with Gasteiger partial charge in [0.2, 0.25) is 0 Å². The number of fused-ring (bicyclic) bond motifs is 1. The second-order valence-corrected chi connectivity index (χ2v) is 6.34. The molecule has 3 rings (SSSR count). The first-order valence-electron chi connectivity index (χ1n) is 6.88. The van der Waals surface area contributed by atoms with E-state index in [-0.39, 0.29) is 0 Å². The predicted octanol–water partition coefficient (Wildman–Crippen LogP) is 4.19. The predicted molar refractivity (Wildman–Crippen MR) is 93.0 cm³/mol. The Labute approximate surface area is 138 Å². The molecule has 1 heterocycles. The summed E-state index contributed by atoms with van der Waals surface area (Å²) >= 11 is 9.20. The summed E-state index contributed by atoms with van der Waals surface area (Å²) in [6.45, 7) is 1.86. The summed E-state index contributed by atoms with van der Waals surface area (Å²) < 4.78 is 6.20. The van der Waals surface area contributed by atoms with Gasteiger partial charge in [-0.15, -0.1) is 0 Å². The quantitative estimate of drug-likeness (QED) is 0.744. The summed E-state index contributed by atoms with van der Waals surface area (Å²) in [7, 11) is 1.67. The van der Waals surface area contributed by atoms with Crippen molar-refractivity contribution in [3.63, 3.8) is 0 Å². The molecule has 21 heavy (non-hydrogen) atoms. The van der Waals surface area contributed by atoms with Crippen LogP contribution in [0.25, 0.3) is 0 Å². The number of methoxy groups -OCH3 is 1. The average Bonchev–Trinajstić information content (AvgIpc) is 2.53. The Bertz CT molecular complexity index is 686. The molecule has 0 spiro atoms. The molecule has 2 aromatic carbocycles. The first-order chi connectivity index (χ1) is 10.2. The summed E-state index contributed by atoms with van der Waals surface area (Å²) in [5.41, 5.74) is 3.86. The monoisotopic (exact) mass is 361 g/mol. The third-order valence-corrected chi connectivity index (χ3v) is 4.93. The van der Waals surface area contributed by atoms with Crippen molar-refractivity contribution in [3.8, 4) is 5.75 Å². The number of ether oxygens (including phenoxy) is 1. The van der Waals surface area contributed by atoms with Crippen LogP contribution in [0, 0.1) is 0 Å². The molecule has 0 aromatic heterocycles. The molecule has 0 radical (unpaired) electrons. The fourth-order valence-corrected chi connectivity index (χ4v) is 3.47. The van der Waals surface area contributed by atoms with Gasteiger partial charge in [0.1, 0.15) is 10.7 Å². The molecule has 0 fully saturated rings. The Hall–Kier alpha value is -1.39. The van der Waals surface area contributed by atoms with Gasteiger partial charge < -0.3 is 9.64 Å². The highest BCUT2D eigenvalue weighted by Crippen LogP contribution is 2.27. The van der Waals surface area contributed by atoms with Crippen molar-refractivity contribution >= 4 is 33.1 Å². The van der Waals surface area contributed by atoms with Gasteiger partial charge in [-0.1, -0.05) is 36.5 Å². The smallest absolute Gasteiger partial charge is 0.133 e. The SMILES string of the molecule is COc1ccc(C(=S)N2CCc3ccccc3C2)cc1Br. The zero-order valence-electron chi connectivity index (χ0n) is 11.8. The molecule has 0 amide bonds. The van der Waals surface area contributed by atoms with E-state index < -0.39 is 0 Å². The van der Waals surface area contributed by atoms with Crippen LogP contribution in [0.1, 0.15) is 16.7 Å². The first kappa shape index (κ1) is 14.5. The molecule has 1 aliphatic heterocycles. The highest BCUT2D eigenvalue weighted by molar-refractivity contribution is 9.10. The van der Waals surface area contributed by atoms with E-state index in [0.717, 1.165) is 40.3 Å². The lowest BCUT2D eigenvalue weighted by molar-refractivity contribution is 0.400. The lowest BCUT2D eigenvalue weighted by Crippen LogP contribution is -2.35. The van der Waals surface area contributed by atoms with Gasteiger partial charge in [-0.25, -0.2) is 0 Å². The van der Waals surface area contributed by atoms with Gasteiger partial charge in [0, 0.05) is 18.7 Å². The number of halogens is 1. The van der Waals surface area contributed by atoms with Gasteiger partial charge in [0.05, 0.1) is 11.6 Å². The highest BCUT2D eigenvalue weighted by atomic mass is 79.9. The van der Waals surface area contributed by atoms with Crippen LogP contribution < -0.4 is 4.74 Å². The molecule has 0 N–H and O–H groups in total. The van der Waals surface area contributed by atoms with Gasteiger partial charge in [0.25, 0.3) is 0 Å². The van der Waals surface area contributed by atoms with Crippen molar-refractivity contribution in [2.75, 3.05) is 13.7 Å². The van der Waals surface area contributed by atoms with Crippen molar-refractivity contribution in [1.29, 1.82) is 0 Å². The molecule has 0 atom stereocenters. The number of nitrogens with zero attached hydrogens (tertiary/aromatic N) is 1. The number of hydrogen-bond acceptors (Lipinski definition) is 2.